The van der Waals surface area contributed by atoms with E-state index in [-0.39, 0.29) is 11.9 Å². The predicted molar refractivity (Wildman–Crippen MR) is 187 cm³/mol. The second-order valence-corrected chi connectivity index (χ2v) is 11.6. The van der Waals surface area contributed by atoms with Gasteiger partial charge in [-0.25, -0.2) is 0 Å². The van der Waals surface area contributed by atoms with Crippen molar-refractivity contribution in [1.82, 2.24) is 0 Å². The molecule has 0 aliphatic carbocycles. The maximum atomic E-state index is 11.6. The summed E-state index contributed by atoms with van der Waals surface area (Å²) in [7, 11) is 0. The van der Waals surface area contributed by atoms with Crippen molar-refractivity contribution in [3.63, 3.8) is 0 Å². The van der Waals surface area contributed by atoms with Crippen LogP contribution in [0.15, 0.2) is 60.7 Å². The molecule has 0 bridgehead atoms. The van der Waals surface area contributed by atoms with Gasteiger partial charge in [-0.1, -0.05) is 36.4 Å². The number of carbonyl (C=O) groups excluding carboxylic acids is 2. The minimum Gasteiger partial charge on any atom is -0.494 e. The van der Waals surface area contributed by atoms with Crippen LogP contribution in [0, 0.1) is 22.7 Å². The van der Waals surface area contributed by atoms with Gasteiger partial charge >= 0.3 is 11.9 Å². The highest BCUT2D eigenvalue weighted by Gasteiger charge is 2.19. The monoisotopic (exact) mass is 644 g/mol. The van der Waals surface area contributed by atoms with Crippen LogP contribution in [0.2, 0.25) is 0 Å². The fourth-order valence-electron chi connectivity index (χ4n) is 6.20. The molecule has 0 aromatic heterocycles. The van der Waals surface area contributed by atoms with Crippen LogP contribution in [-0.2, 0) is 19.1 Å². The van der Waals surface area contributed by atoms with Gasteiger partial charge in [0.2, 0.25) is 0 Å². The molecule has 8 heteroatoms. The van der Waals surface area contributed by atoms with Crippen LogP contribution >= 0.6 is 0 Å². The van der Waals surface area contributed by atoms with Gasteiger partial charge in [0.05, 0.1) is 37.6 Å². The first kappa shape index (κ1) is 34.0. The first-order valence-electron chi connectivity index (χ1n) is 16.7. The summed E-state index contributed by atoms with van der Waals surface area (Å²) in [5.41, 5.74) is 0.736. The SMILES string of the molecule is CCOC(=O)CCCCCOc1ccc2c(ccc3c(C#N)c(C#N)c4ccc5cc(OCCCCCC(=O)OCC)ccc5c4c32)c1. The van der Waals surface area contributed by atoms with Crippen LogP contribution in [0.3, 0.4) is 0 Å². The Morgan fingerprint density at radius 3 is 1.38 bits per heavy atom. The van der Waals surface area contributed by atoms with Gasteiger partial charge in [-0.15, -0.1) is 0 Å². The van der Waals surface area contributed by atoms with Gasteiger partial charge in [0.15, 0.2) is 0 Å². The van der Waals surface area contributed by atoms with Crippen molar-refractivity contribution in [2.24, 2.45) is 0 Å². The molecule has 0 saturated carbocycles. The summed E-state index contributed by atoms with van der Waals surface area (Å²) in [5.74, 6) is 1.18. The molecule has 0 unspecified atom stereocenters. The van der Waals surface area contributed by atoms with Crippen molar-refractivity contribution in [3.8, 4) is 23.6 Å². The Morgan fingerprint density at radius 2 is 0.979 bits per heavy atom. The van der Waals surface area contributed by atoms with E-state index in [9.17, 15) is 20.1 Å². The standard InChI is InChI=1S/C40H40N2O6/c1-3-45-37(43)11-7-5-9-21-47-29-15-19-31-27(23-29)13-17-33-35(25-41)36(26-42)34-18-14-28-24-30(16-20-32(28)40(34)39(31)33)48-22-10-6-8-12-38(44)46-4-2/h13-20,23-24H,3-12,21-22H2,1-2H3. The molecule has 0 N–H and O–H groups in total. The lowest BCUT2D eigenvalue weighted by Gasteiger charge is -2.15. The normalized spacial score (nSPS) is 11.0. The van der Waals surface area contributed by atoms with E-state index in [1.807, 2.05) is 74.5 Å². The molecule has 0 spiro atoms. The van der Waals surface area contributed by atoms with Gasteiger partial charge in [0.25, 0.3) is 0 Å². The number of nitriles is 2. The van der Waals surface area contributed by atoms with E-state index in [1.54, 1.807) is 0 Å². The highest BCUT2D eigenvalue weighted by Crippen LogP contribution is 2.41. The average molecular weight is 645 g/mol. The molecule has 0 amide bonds. The number of carbonyl (C=O) groups is 2. The third-order valence-corrected chi connectivity index (χ3v) is 8.44. The highest BCUT2D eigenvalue weighted by molar-refractivity contribution is 6.29. The molecule has 0 radical (unpaired) electrons. The minimum atomic E-state index is -0.161. The minimum absolute atomic E-state index is 0.161. The lowest BCUT2D eigenvalue weighted by atomic mass is 9.87. The second kappa shape index (κ2) is 16.5. The molecular weight excluding hydrogens is 604 g/mol. The van der Waals surface area contributed by atoms with Crippen molar-refractivity contribution < 1.29 is 28.5 Å². The van der Waals surface area contributed by atoms with Gasteiger partial charge in [-0.2, -0.15) is 10.5 Å². The number of esters is 2. The molecule has 0 aliphatic heterocycles. The van der Waals surface area contributed by atoms with Crippen LogP contribution in [0.1, 0.15) is 76.3 Å². The van der Waals surface area contributed by atoms with Crippen molar-refractivity contribution >= 4 is 55.0 Å². The lowest BCUT2D eigenvalue weighted by molar-refractivity contribution is -0.144. The number of hydrogen-bond donors (Lipinski definition) is 0. The fraction of sp³-hybridized carbons (Fsp3) is 0.350. The van der Waals surface area contributed by atoms with Crippen LogP contribution in [0.5, 0.6) is 11.5 Å². The molecule has 246 valence electrons. The zero-order chi connectivity index (χ0) is 33.9. The van der Waals surface area contributed by atoms with E-state index in [0.29, 0.717) is 50.4 Å². The molecule has 0 fully saturated rings. The zero-order valence-electron chi connectivity index (χ0n) is 27.6. The molecule has 48 heavy (non-hydrogen) atoms. The average Bonchev–Trinajstić information content (AvgIpc) is 3.10. The summed E-state index contributed by atoms with van der Waals surface area (Å²) in [6.07, 6.45) is 5.79. The number of unbranched alkanes of at least 4 members (excludes halogenated alkanes) is 4. The zero-order valence-corrected chi connectivity index (χ0v) is 27.6. The smallest absolute Gasteiger partial charge is 0.305 e. The first-order chi connectivity index (χ1) is 23.5. The van der Waals surface area contributed by atoms with Crippen LogP contribution in [0.4, 0.5) is 0 Å². The van der Waals surface area contributed by atoms with E-state index in [0.717, 1.165) is 93.1 Å². The maximum absolute atomic E-state index is 11.6. The highest BCUT2D eigenvalue weighted by atomic mass is 16.5. The maximum Gasteiger partial charge on any atom is 0.305 e. The number of benzene rings is 5. The van der Waals surface area contributed by atoms with Crippen molar-refractivity contribution in [2.75, 3.05) is 26.4 Å². The van der Waals surface area contributed by atoms with Crippen molar-refractivity contribution in [3.05, 3.63) is 71.8 Å². The Hall–Kier alpha value is -5.34. The number of rotatable bonds is 16. The van der Waals surface area contributed by atoms with E-state index in [1.165, 1.54) is 0 Å². The third kappa shape index (κ3) is 7.78. The molecule has 0 saturated heterocycles. The summed E-state index contributed by atoms with van der Waals surface area (Å²) in [5, 5.41) is 27.6. The molecule has 5 rings (SSSR count). The number of hydrogen-bond acceptors (Lipinski definition) is 8. The molecule has 5 aromatic rings. The summed E-state index contributed by atoms with van der Waals surface area (Å²) in [6.45, 7) is 5.50. The third-order valence-electron chi connectivity index (χ3n) is 8.44. The van der Waals surface area contributed by atoms with Crippen LogP contribution in [-0.4, -0.2) is 38.4 Å². The Bertz CT molecular complexity index is 1890. The molecule has 0 atom stereocenters. The van der Waals surface area contributed by atoms with Crippen LogP contribution in [0.25, 0.3) is 43.1 Å². The molecular formula is C40H40N2O6. The quantitative estimate of drug-likeness (QED) is 0.0593. The first-order valence-corrected chi connectivity index (χ1v) is 16.7. The topological polar surface area (TPSA) is 119 Å². The number of ether oxygens (including phenoxy) is 4. The van der Waals surface area contributed by atoms with Crippen molar-refractivity contribution in [2.45, 2.75) is 65.2 Å². The number of nitrogens with zero attached hydrogens (tertiary/aromatic N) is 2. The van der Waals surface area contributed by atoms with Gasteiger partial charge in [-0.3, -0.25) is 9.59 Å². The van der Waals surface area contributed by atoms with Crippen molar-refractivity contribution in [1.29, 1.82) is 10.5 Å². The van der Waals surface area contributed by atoms with E-state index >= 15 is 0 Å². The van der Waals surface area contributed by atoms with Gasteiger partial charge in [-0.05, 0) is 109 Å². The molecule has 0 heterocycles. The Morgan fingerprint density at radius 1 is 0.562 bits per heavy atom. The predicted octanol–water partition coefficient (Wildman–Crippen LogP) is 9.05. The number of fused-ring (bicyclic) bond motifs is 7. The van der Waals surface area contributed by atoms with E-state index in [4.69, 9.17) is 18.9 Å². The Balaban J connectivity index is 1.41. The Labute approximate surface area is 280 Å². The summed E-state index contributed by atoms with van der Waals surface area (Å²) < 4.78 is 22.1. The van der Waals surface area contributed by atoms with Gasteiger partial charge in [0.1, 0.15) is 23.6 Å². The van der Waals surface area contributed by atoms with Gasteiger partial charge < -0.3 is 18.9 Å². The fourth-order valence-corrected chi connectivity index (χ4v) is 6.20. The summed E-state index contributed by atoms with van der Waals surface area (Å²) >= 11 is 0. The summed E-state index contributed by atoms with van der Waals surface area (Å²) in [6, 6.07) is 24.4. The summed E-state index contributed by atoms with van der Waals surface area (Å²) in [4.78, 5) is 23.1. The Kier molecular flexibility index (Phi) is 11.7. The van der Waals surface area contributed by atoms with E-state index < -0.39 is 0 Å². The second-order valence-electron chi connectivity index (χ2n) is 11.6. The van der Waals surface area contributed by atoms with E-state index in [2.05, 4.69) is 12.1 Å². The molecule has 0 aliphatic rings. The molecule has 8 nitrogen and oxygen atoms in total. The van der Waals surface area contributed by atoms with Crippen LogP contribution < -0.4 is 9.47 Å². The molecule has 5 aromatic carbocycles. The van der Waals surface area contributed by atoms with Gasteiger partial charge in [0, 0.05) is 23.6 Å². The largest absolute Gasteiger partial charge is 0.494 e. The lowest BCUT2D eigenvalue weighted by Crippen LogP contribution is -2.04.